The van der Waals surface area contributed by atoms with Gasteiger partial charge in [-0.25, -0.2) is 0 Å². The molecular formula is C19H21NO2. The summed E-state index contributed by atoms with van der Waals surface area (Å²) in [5.41, 5.74) is 4.16. The van der Waals surface area contributed by atoms with Crippen molar-refractivity contribution in [2.24, 2.45) is 0 Å². The first-order valence-corrected chi connectivity index (χ1v) is 7.45. The molecule has 22 heavy (non-hydrogen) atoms. The van der Waals surface area contributed by atoms with Crippen molar-refractivity contribution in [2.45, 2.75) is 19.6 Å². The molecule has 0 fully saturated rings. The number of rotatable bonds is 3. The van der Waals surface area contributed by atoms with Gasteiger partial charge in [0.05, 0.1) is 5.56 Å². The number of ether oxygens (including phenoxy) is 1. The fourth-order valence-electron chi connectivity index (χ4n) is 2.85. The summed E-state index contributed by atoms with van der Waals surface area (Å²) >= 11 is 0. The lowest BCUT2D eigenvalue weighted by molar-refractivity contribution is 0.231. The molecule has 3 nitrogen and oxygen atoms in total. The van der Waals surface area contributed by atoms with Crippen LogP contribution in [0.3, 0.4) is 0 Å². The van der Waals surface area contributed by atoms with Crippen LogP contribution in [0.2, 0.25) is 0 Å². The zero-order valence-corrected chi connectivity index (χ0v) is 13.2. The van der Waals surface area contributed by atoms with Gasteiger partial charge in [0.15, 0.2) is 0 Å². The number of nitrogens with zero attached hydrogens (tertiary/aromatic N) is 1. The van der Waals surface area contributed by atoms with E-state index in [0.717, 1.165) is 22.4 Å². The Balaban J connectivity index is 2.06. The SMILES string of the molecule is CC1=Cc2ccc(O)c(CN(C)C)c2OC1c1ccccc1. The number of hydrogen-bond acceptors (Lipinski definition) is 3. The molecule has 1 aliphatic rings. The van der Waals surface area contributed by atoms with Crippen LogP contribution in [0, 0.1) is 0 Å². The van der Waals surface area contributed by atoms with Crippen molar-refractivity contribution < 1.29 is 9.84 Å². The Kier molecular flexibility index (Phi) is 3.90. The molecule has 114 valence electrons. The van der Waals surface area contributed by atoms with Crippen molar-refractivity contribution >= 4 is 6.08 Å². The van der Waals surface area contributed by atoms with Crippen molar-refractivity contribution in [3.05, 3.63) is 64.7 Å². The third-order valence-electron chi connectivity index (χ3n) is 3.88. The van der Waals surface area contributed by atoms with Crippen LogP contribution in [0.15, 0.2) is 48.0 Å². The molecule has 3 rings (SSSR count). The van der Waals surface area contributed by atoms with Gasteiger partial charge < -0.3 is 14.7 Å². The Morgan fingerprint density at radius 1 is 1.09 bits per heavy atom. The van der Waals surface area contributed by atoms with Crippen molar-refractivity contribution in [1.82, 2.24) is 4.90 Å². The van der Waals surface area contributed by atoms with E-state index in [4.69, 9.17) is 4.74 Å². The van der Waals surface area contributed by atoms with Gasteiger partial charge in [0.25, 0.3) is 0 Å². The van der Waals surface area contributed by atoms with Gasteiger partial charge in [0.1, 0.15) is 17.6 Å². The number of phenolic OH excluding ortho intramolecular Hbond substituents is 1. The third-order valence-corrected chi connectivity index (χ3v) is 3.88. The summed E-state index contributed by atoms with van der Waals surface area (Å²) in [5.74, 6) is 1.07. The van der Waals surface area contributed by atoms with E-state index in [1.165, 1.54) is 5.57 Å². The molecule has 0 aromatic heterocycles. The van der Waals surface area contributed by atoms with Gasteiger partial charge in [-0.05, 0) is 50.4 Å². The molecule has 1 heterocycles. The summed E-state index contributed by atoms with van der Waals surface area (Å²) in [7, 11) is 3.97. The second-order valence-electron chi connectivity index (χ2n) is 6.02. The Morgan fingerprint density at radius 2 is 1.82 bits per heavy atom. The first-order valence-electron chi connectivity index (χ1n) is 7.45. The van der Waals surface area contributed by atoms with E-state index >= 15 is 0 Å². The Bertz CT molecular complexity index is 705. The fourth-order valence-corrected chi connectivity index (χ4v) is 2.85. The minimum atomic E-state index is -0.101. The monoisotopic (exact) mass is 295 g/mol. The molecule has 0 amide bonds. The van der Waals surface area contributed by atoms with E-state index in [9.17, 15) is 5.11 Å². The highest BCUT2D eigenvalue weighted by molar-refractivity contribution is 5.67. The molecule has 1 unspecified atom stereocenters. The van der Waals surface area contributed by atoms with E-state index < -0.39 is 0 Å². The lowest BCUT2D eigenvalue weighted by Gasteiger charge is -2.28. The normalized spacial score (nSPS) is 16.9. The van der Waals surface area contributed by atoms with Crippen LogP contribution >= 0.6 is 0 Å². The summed E-state index contributed by atoms with van der Waals surface area (Å²) in [4.78, 5) is 2.03. The van der Waals surface area contributed by atoms with Crippen LogP contribution in [-0.4, -0.2) is 24.1 Å². The highest BCUT2D eigenvalue weighted by Gasteiger charge is 2.25. The summed E-state index contributed by atoms with van der Waals surface area (Å²) in [5, 5.41) is 10.2. The van der Waals surface area contributed by atoms with Crippen LogP contribution < -0.4 is 4.74 Å². The average molecular weight is 295 g/mol. The first kappa shape index (κ1) is 14.7. The van der Waals surface area contributed by atoms with Crippen molar-refractivity contribution in [2.75, 3.05) is 14.1 Å². The molecule has 0 spiro atoms. The largest absolute Gasteiger partial charge is 0.507 e. The van der Waals surface area contributed by atoms with Crippen LogP contribution in [0.25, 0.3) is 6.08 Å². The number of phenols is 1. The summed E-state index contributed by atoms with van der Waals surface area (Å²) in [6.45, 7) is 2.72. The van der Waals surface area contributed by atoms with Crippen LogP contribution in [-0.2, 0) is 6.54 Å². The van der Waals surface area contributed by atoms with E-state index in [1.54, 1.807) is 6.07 Å². The topological polar surface area (TPSA) is 32.7 Å². The third kappa shape index (κ3) is 2.72. The van der Waals surface area contributed by atoms with E-state index in [-0.39, 0.29) is 11.9 Å². The highest BCUT2D eigenvalue weighted by Crippen LogP contribution is 2.42. The molecule has 0 radical (unpaired) electrons. The highest BCUT2D eigenvalue weighted by atomic mass is 16.5. The first-order chi connectivity index (χ1) is 10.6. The van der Waals surface area contributed by atoms with Crippen molar-refractivity contribution in [1.29, 1.82) is 0 Å². The molecule has 1 aliphatic heterocycles. The number of hydrogen-bond donors (Lipinski definition) is 1. The zero-order valence-electron chi connectivity index (χ0n) is 13.2. The smallest absolute Gasteiger partial charge is 0.145 e. The van der Waals surface area contributed by atoms with Crippen LogP contribution in [0.5, 0.6) is 11.5 Å². The van der Waals surface area contributed by atoms with Crippen molar-refractivity contribution in [3.8, 4) is 11.5 Å². The molecule has 0 saturated carbocycles. The number of benzene rings is 2. The van der Waals surface area contributed by atoms with Gasteiger partial charge in [-0.15, -0.1) is 0 Å². The molecule has 0 saturated heterocycles. The van der Waals surface area contributed by atoms with E-state index in [1.807, 2.05) is 43.3 Å². The lowest BCUT2D eigenvalue weighted by atomic mass is 9.95. The van der Waals surface area contributed by atoms with Crippen molar-refractivity contribution in [3.63, 3.8) is 0 Å². The predicted octanol–water partition coefficient (Wildman–Crippen LogP) is 3.99. The number of aromatic hydroxyl groups is 1. The zero-order chi connectivity index (χ0) is 15.7. The standard InChI is InChI=1S/C19H21NO2/c1-13-11-15-9-10-17(21)16(12-20(2)3)19(15)22-18(13)14-7-5-4-6-8-14/h4-11,18,21H,12H2,1-3H3. The summed E-state index contributed by atoms with van der Waals surface area (Å²) in [6.07, 6.45) is 2.05. The van der Waals surface area contributed by atoms with E-state index in [0.29, 0.717) is 6.54 Å². The maximum atomic E-state index is 10.2. The summed E-state index contributed by atoms with van der Waals surface area (Å²) in [6, 6.07) is 13.8. The molecule has 1 N–H and O–H groups in total. The van der Waals surface area contributed by atoms with Crippen LogP contribution in [0.1, 0.15) is 29.7 Å². The lowest BCUT2D eigenvalue weighted by Crippen LogP contribution is -2.17. The Labute approximate surface area is 131 Å². The predicted molar refractivity (Wildman–Crippen MR) is 89.0 cm³/mol. The molecule has 2 aromatic rings. The van der Waals surface area contributed by atoms with Gasteiger partial charge in [-0.1, -0.05) is 30.3 Å². The second-order valence-corrected chi connectivity index (χ2v) is 6.02. The minimum Gasteiger partial charge on any atom is -0.507 e. The van der Waals surface area contributed by atoms with Gasteiger partial charge in [0, 0.05) is 12.1 Å². The molecule has 3 heteroatoms. The van der Waals surface area contributed by atoms with Gasteiger partial charge >= 0.3 is 0 Å². The quantitative estimate of drug-likeness (QED) is 0.929. The maximum Gasteiger partial charge on any atom is 0.145 e. The molecule has 1 atom stereocenters. The van der Waals surface area contributed by atoms with Gasteiger partial charge in [0.2, 0.25) is 0 Å². The molecular weight excluding hydrogens is 274 g/mol. The second kappa shape index (κ2) is 5.85. The maximum absolute atomic E-state index is 10.2. The van der Waals surface area contributed by atoms with Crippen LogP contribution in [0.4, 0.5) is 0 Å². The van der Waals surface area contributed by atoms with Gasteiger partial charge in [-0.3, -0.25) is 0 Å². The minimum absolute atomic E-state index is 0.101. The molecule has 0 aliphatic carbocycles. The Hall–Kier alpha value is -2.26. The fraction of sp³-hybridized carbons (Fsp3) is 0.263. The average Bonchev–Trinajstić information content (AvgIpc) is 2.50. The molecule has 2 aromatic carbocycles. The number of fused-ring (bicyclic) bond motifs is 1. The van der Waals surface area contributed by atoms with Gasteiger partial charge in [-0.2, -0.15) is 0 Å². The summed E-state index contributed by atoms with van der Waals surface area (Å²) < 4.78 is 6.29. The Morgan fingerprint density at radius 3 is 2.50 bits per heavy atom. The van der Waals surface area contributed by atoms with E-state index in [2.05, 4.69) is 25.1 Å². The molecule has 0 bridgehead atoms.